The molecule has 2 aliphatic rings. The molecule has 1 fully saturated rings. The van der Waals surface area contributed by atoms with Gasteiger partial charge in [-0.3, -0.25) is 14.6 Å². The summed E-state index contributed by atoms with van der Waals surface area (Å²) in [6.45, 7) is 1.81. The number of rotatable bonds is 3. The topological polar surface area (TPSA) is 59.1 Å². The summed E-state index contributed by atoms with van der Waals surface area (Å²) in [5.74, 6) is 0.0948. The van der Waals surface area contributed by atoms with E-state index in [-0.39, 0.29) is 5.56 Å². The lowest BCUT2D eigenvalue weighted by atomic mass is 9.88. The molecule has 32 heavy (non-hydrogen) atoms. The Balaban J connectivity index is 1.68. The number of urea groups is 1. The highest BCUT2D eigenvalue weighted by Gasteiger charge is 2.55. The van der Waals surface area contributed by atoms with Crippen molar-refractivity contribution in [3.8, 4) is 11.5 Å². The van der Waals surface area contributed by atoms with E-state index in [1.54, 1.807) is 24.3 Å². The van der Waals surface area contributed by atoms with Crippen molar-refractivity contribution in [1.29, 1.82) is 0 Å². The number of methoxy groups -OCH3 is 1. The Labute approximate surface area is 184 Å². The van der Waals surface area contributed by atoms with E-state index < -0.39 is 29.5 Å². The predicted octanol–water partition coefficient (Wildman–Crippen LogP) is 5.16. The molecule has 2 bridgehead atoms. The largest absolute Gasteiger partial charge is 0.496 e. The predicted molar refractivity (Wildman–Crippen MR) is 116 cm³/mol. The van der Waals surface area contributed by atoms with Gasteiger partial charge in [-0.05, 0) is 49.4 Å². The summed E-state index contributed by atoms with van der Waals surface area (Å²) >= 11 is 0. The lowest BCUT2D eigenvalue weighted by Gasteiger charge is -2.53. The van der Waals surface area contributed by atoms with Gasteiger partial charge < -0.3 is 9.47 Å². The quantitative estimate of drug-likeness (QED) is 0.574. The molecular formula is C25H21FN2O4. The van der Waals surface area contributed by atoms with Crippen molar-refractivity contribution in [3.63, 3.8) is 0 Å². The van der Waals surface area contributed by atoms with Gasteiger partial charge in [0, 0.05) is 17.7 Å². The zero-order valence-corrected chi connectivity index (χ0v) is 17.6. The van der Waals surface area contributed by atoms with Gasteiger partial charge in [-0.1, -0.05) is 30.3 Å². The highest BCUT2D eigenvalue weighted by atomic mass is 19.1. The minimum Gasteiger partial charge on any atom is -0.496 e. The monoisotopic (exact) mass is 432 g/mol. The number of carbonyl (C=O) groups excluding carboxylic acids is 2. The Bertz CT molecular complexity index is 1210. The van der Waals surface area contributed by atoms with Crippen LogP contribution in [0, 0.1) is 5.82 Å². The number of hydrogen-bond acceptors (Lipinski definition) is 4. The number of para-hydroxylation sites is 2. The third kappa shape index (κ3) is 3.00. The Kier molecular flexibility index (Phi) is 4.62. The Morgan fingerprint density at radius 1 is 1.06 bits per heavy atom. The molecule has 0 N–H and O–H groups in total. The van der Waals surface area contributed by atoms with Gasteiger partial charge in [0.05, 0.1) is 18.7 Å². The van der Waals surface area contributed by atoms with E-state index in [4.69, 9.17) is 9.47 Å². The van der Waals surface area contributed by atoms with Crippen LogP contribution in [0.25, 0.3) is 0 Å². The fourth-order valence-electron chi connectivity index (χ4n) is 4.56. The average Bonchev–Trinajstić information content (AvgIpc) is 2.79. The second kappa shape index (κ2) is 7.37. The van der Waals surface area contributed by atoms with Crippen LogP contribution in [0.2, 0.25) is 0 Å². The maximum atomic E-state index is 13.9. The zero-order valence-electron chi connectivity index (χ0n) is 17.6. The summed E-state index contributed by atoms with van der Waals surface area (Å²) in [5.41, 5.74) is 0.441. The molecule has 3 amide bonds. The van der Waals surface area contributed by atoms with Crippen molar-refractivity contribution in [2.75, 3.05) is 12.0 Å². The summed E-state index contributed by atoms with van der Waals surface area (Å²) < 4.78 is 25.2. The Hall–Kier alpha value is -3.87. The molecule has 2 heterocycles. The lowest BCUT2D eigenvalue weighted by molar-refractivity contribution is 0.00260. The second-order valence-electron chi connectivity index (χ2n) is 8.00. The van der Waals surface area contributed by atoms with Crippen molar-refractivity contribution in [2.24, 2.45) is 0 Å². The minimum absolute atomic E-state index is 0.287. The summed E-state index contributed by atoms with van der Waals surface area (Å²) in [7, 11) is 1.48. The number of halogens is 1. The minimum atomic E-state index is -1.05. The van der Waals surface area contributed by atoms with Crippen molar-refractivity contribution in [2.45, 2.75) is 25.1 Å². The molecule has 0 aromatic heterocycles. The number of fused-ring (bicyclic) bond motifs is 4. The van der Waals surface area contributed by atoms with Crippen molar-refractivity contribution in [3.05, 3.63) is 89.7 Å². The van der Waals surface area contributed by atoms with Gasteiger partial charge in [-0.2, -0.15) is 0 Å². The number of ether oxygens (including phenoxy) is 2. The molecule has 162 valence electrons. The highest BCUT2D eigenvalue weighted by Crippen LogP contribution is 2.49. The van der Waals surface area contributed by atoms with Crippen LogP contribution < -0.4 is 14.4 Å². The van der Waals surface area contributed by atoms with Crippen LogP contribution in [-0.2, 0) is 0 Å². The normalized spacial score (nSPS) is 21.6. The first-order valence-corrected chi connectivity index (χ1v) is 10.3. The number of hydrogen-bond donors (Lipinski definition) is 0. The molecule has 0 spiro atoms. The van der Waals surface area contributed by atoms with Crippen LogP contribution in [-0.4, -0.2) is 29.7 Å². The molecule has 5 rings (SSSR count). The molecule has 0 aliphatic carbocycles. The third-order valence-corrected chi connectivity index (χ3v) is 6.00. The number of nitrogens with zero attached hydrogens (tertiary/aromatic N) is 2. The molecular weight excluding hydrogens is 411 g/mol. The molecule has 2 atom stereocenters. The summed E-state index contributed by atoms with van der Waals surface area (Å²) in [6, 6.07) is 18.7. The average molecular weight is 432 g/mol. The van der Waals surface area contributed by atoms with Crippen molar-refractivity contribution >= 4 is 17.6 Å². The second-order valence-corrected chi connectivity index (χ2v) is 8.00. The van der Waals surface area contributed by atoms with Crippen LogP contribution in [0.15, 0.2) is 72.8 Å². The number of benzene rings is 3. The third-order valence-electron chi connectivity index (χ3n) is 6.00. The smallest absolute Gasteiger partial charge is 0.335 e. The summed E-state index contributed by atoms with van der Waals surface area (Å²) in [6.07, 6.45) is 0.355. The van der Waals surface area contributed by atoms with E-state index >= 15 is 0 Å². The van der Waals surface area contributed by atoms with Gasteiger partial charge >= 0.3 is 6.03 Å². The molecule has 2 aliphatic heterocycles. The first-order chi connectivity index (χ1) is 15.4. The zero-order chi connectivity index (χ0) is 22.5. The fraction of sp³-hybridized carbons (Fsp3) is 0.200. The lowest BCUT2D eigenvalue weighted by Crippen LogP contribution is -2.67. The first kappa shape index (κ1) is 20.1. The maximum absolute atomic E-state index is 13.9. The van der Waals surface area contributed by atoms with E-state index in [1.165, 1.54) is 41.2 Å². The van der Waals surface area contributed by atoms with Gasteiger partial charge in [0.25, 0.3) is 5.91 Å². The molecule has 3 aromatic carbocycles. The maximum Gasteiger partial charge on any atom is 0.335 e. The fourth-order valence-corrected chi connectivity index (χ4v) is 4.56. The van der Waals surface area contributed by atoms with Gasteiger partial charge in [-0.25, -0.2) is 9.18 Å². The van der Waals surface area contributed by atoms with Crippen LogP contribution in [0.5, 0.6) is 11.5 Å². The number of carbonyl (C=O) groups is 2. The molecule has 7 heteroatoms. The van der Waals surface area contributed by atoms with E-state index in [9.17, 15) is 14.0 Å². The Morgan fingerprint density at radius 3 is 2.50 bits per heavy atom. The molecule has 0 radical (unpaired) electrons. The van der Waals surface area contributed by atoms with E-state index in [0.29, 0.717) is 23.6 Å². The Morgan fingerprint density at radius 2 is 1.75 bits per heavy atom. The van der Waals surface area contributed by atoms with E-state index in [0.717, 1.165) is 5.56 Å². The van der Waals surface area contributed by atoms with E-state index in [1.807, 2.05) is 31.2 Å². The number of amides is 3. The summed E-state index contributed by atoms with van der Waals surface area (Å²) in [5, 5.41) is 0. The van der Waals surface area contributed by atoms with Crippen LogP contribution in [0.3, 0.4) is 0 Å². The first-order valence-electron chi connectivity index (χ1n) is 10.3. The molecule has 2 unspecified atom stereocenters. The molecule has 1 saturated heterocycles. The van der Waals surface area contributed by atoms with Gasteiger partial charge in [0.1, 0.15) is 17.3 Å². The van der Waals surface area contributed by atoms with Crippen LogP contribution >= 0.6 is 0 Å². The van der Waals surface area contributed by atoms with Gasteiger partial charge in [-0.15, -0.1) is 0 Å². The highest BCUT2D eigenvalue weighted by molar-refractivity contribution is 6.11. The van der Waals surface area contributed by atoms with Crippen LogP contribution in [0.1, 0.15) is 35.3 Å². The van der Waals surface area contributed by atoms with Crippen molar-refractivity contribution in [1.82, 2.24) is 4.90 Å². The SMILES string of the molecule is COc1ccccc1C(=O)N1C(=O)N(c2ccc(F)cc2)C2(C)CC1c1ccccc1O2. The van der Waals surface area contributed by atoms with Gasteiger partial charge in [0.15, 0.2) is 5.72 Å². The van der Waals surface area contributed by atoms with Crippen LogP contribution in [0.4, 0.5) is 14.9 Å². The summed E-state index contributed by atoms with van der Waals surface area (Å²) in [4.78, 5) is 30.3. The molecule has 3 aromatic rings. The molecule has 0 saturated carbocycles. The number of imide groups is 1. The standard InChI is InChI=1S/C25H21FN2O4/c1-25-15-20(18-7-3-6-10-22(18)32-25)27(23(29)19-8-4-5-9-21(19)31-2)24(30)28(25)17-13-11-16(26)12-14-17/h3-14,20H,15H2,1-2H3. The number of anilines is 1. The van der Waals surface area contributed by atoms with Gasteiger partial charge in [0.2, 0.25) is 0 Å². The molecule has 6 nitrogen and oxygen atoms in total. The van der Waals surface area contributed by atoms with Crippen molar-refractivity contribution < 1.29 is 23.5 Å². The van der Waals surface area contributed by atoms with E-state index in [2.05, 4.69) is 0 Å².